The average molecular weight is 313 g/mol. The number of nitrogens with zero attached hydrogens (tertiary/aromatic N) is 1. The van der Waals surface area contributed by atoms with E-state index in [1.165, 1.54) is 18.2 Å². The fourth-order valence-electron chi connectivity index (χ4n) is 2.78. The summed E-state index contributed by atoms with van der Waals surface area (Å²) in [5.74, 6) is -0.411. The number of nitro benzene ring substituents is 1. The molecule has 0 heterocycles. The smallest absolute Gasteiger partial charge is 0.273 e. The van der Waals surface area contributed by atoms with Crippen molar-refractivity contribution in [3.8, 4) is 0 Å². The first kappa shape index (κ1) is 15.9. The second-order valence-corrected chi connectivity index (χ2v) is 7.16. The summed E-state index contributed by atoms with van der Waals surface area (Å²) in [6, 6.07) is 5.87. The van der Waals surface area contributed by atoms with E-state index in [1.807, 2.05) is 0 Å². The molecule has 3 N–H and O–H groups in total. The van der Waals surface area contributed by atoms with Crippen LogP contribution in [-0.4, -0.2) is 25.4 Å². The maximum absolute atomic E-state index is 12.3. The van der Waals surface area contributed by atoms with Gasteiger partial charge in [-0.15, -0.1) is 0 Å². The van der Waals surface area contributed by atoms with Crippen LogP contribution in [0.2, 0.25) is 0 Å². The van der Waals surface area contributed by atoms with E-state index < -0.39 is 26.2 Å². The van der Waals surface area contributed by atoms with E-state index in [0.29, 0.717) is 12.8 Å². The monoisotopic (exact) mass is 313 g/mol. The van der Waals surface area contributed by atoms with E-state index >= 15 is 0 Å². The largest absolute Gasteiger partial charge is 0.329 e. The van der Waals surface area contributed by atoms with E-state index in [9.17, 15) is 18.5 Å². The van der Waals surface area contributed by atoms with Gasteiger partial charge in [0.2, 0.25) is 10.0 Å². The summed E-state index contributed by atoms with van der Waals surface area (Å²) in [5.41, 5.74) is 5.11. The number of hydrogen-bond acceptors (Lipinski definition) is 5. The van der Waals surface area contributed by atoms with Crippen molar-refractivity contribution in [3.05, 3.63) is 39.9 Å². The summed E-state index contributed by atoms with van der Waals surface area (Å²) in [6.45, 7) is 0.239. The lowest BCUT2D eigenvalue weighted by molar-refractivity contribution is -0.385. The van der Waals surface area contributed by atoms with Crippen molar-refractivity contribution >= 4 is 15.7 Å². The molecule has 0 aromatic heterocycles. The van der Waals surface area contributed by atoms with Crippen LogP contribution in [0.3, 0.4) is 0 Å². The Bertz CT molecular complexity index is 624. The predicted molar refractivity (Wildman–Crippen MR) is 79.1 cm³/mol. The van der Waals surface area contributed by atoms with Gasteiger partial charge in [-0.25, -0.2) is 13.1 Å². The van der Waals surface area contributed by atoms with Crippen molar-refractivity contribution in [3.63, 3.8) is 0 Å². The van der Waals surface area contributed by atoms with Gasteiger partial charge >= 0.3 is 0 Å². The summed E-state index contributed by atoms with van der Waals surface area (Å²) in [5, 5.41) is 10.9. The molecule has 2 rings (SSSR count). The molecule has 21 heavy (non-hydrogen) atoms. The molecule has 0 radical (unpaired) electrons. The molecule has 8 heteroatoms. The Balaban J connectivity index is 2.20. The molecule has 0 amide bonds. The number of sulfonamides is 1. The summed E-state index contributed by atoms with van der Waals surface area (Å²) in [4.78, 5) is 10.4. The highest BCUT2D eigenvalue weighted by atomic mass is 32.2. The van der Waals surface area contributed by atoms with Gasteiger partial charge in [-0.2, -0.15) is 0 Å². The van der Waals surface area contributed by atoms with Crippen molar-refractivity contribution < 1.29 is 13.3 Å². The van der Waals surface area contributed by atoms with Gasteiger partial charge < -0.3 is 5.73 Å². The normalized spacial score (nSPS) is 17.8. The van der Waals surface area contributed by atoms with E-state index in [-0.39, 0.29) is 17.8 Å². The number of nitrogens with one attached hydrogen (secondary N) is 1. The molecule has 0 bridgehead atoms. The van der Waals surface area contributed by atoms with Gasteiger partial charge in [0.05, 0.1) is 10.7 Å². The van der Waals surface area contributed by atoms with Crippen LogP contribution >= 0.6 is 0 Å². The molecule has 1 fully saturated rings. The molecule has 116 valence electrons. The molecule has 1 aromatic rings. The van der Waals surface area contributed by atoms with Crippen molar-refractivity contribution in [1.29, 1.82) is 0 Å². The molecular formula is C13H19N3O4S. The van der Waals surface area contributed by atoms with Crippen LogP contribution in [0.4, 0.5) is 5.69 Å². The van der Waals surface area contributed by atoms with Gasteiger partial charge in [0, 0.05) is 23.7 Å². The third kappa shape index (κ3) is 3.78. The second-order valence-electron chi connectivity index (χ2n) is 5.44. The summed E-state index contributed by atoms with van der Waals surface area (Å²) < 4.78 is 27.3. The second kappa shape index (κ2) is 6.08. The van der Waals surface area contributed by atoms with Crippen LogP contribution in [0.15, 0.2) is 24.3 Å². The third-order valence-electron chi connectivity index (χ3n) is 3.86. The highest BCUT2D eigenvalue weighted by molar-refractivity contribution is 7.88. The molecule has 1 aliphatic rings. The van der Waals surface area contributed by atoms with Gasteiger partial charge in [0.25, 0.3) is 5.69 Å². The van der Waals surface area contributed by atoms with Crippen LogP contribution in [0.25, 0.3) is 0 Å². The predicted octanol–water partition coefficient (Wildman–Crippen LogP) is 1.29. The molecule has 0 spiro atoms. The molecule has 1 aliphatic carbocycles. The Morgan fingerprint density at radius 3 is 2.48 bits per heavy atom. The SMILES string of the molecule is NCC1(NS(=O)(=O)Cc2ccccc2[N+](=O)[O-])CCCC1. The zero-order valence-corrected chi connectivity index (χ0v) is 12.4. The maximum Gasteiger partial charge on any atom is 0.273 e. The molecule has 7 nitrogen and oxygen atoms in total. The Morgan fingerprint density at radius 1 is 1.29 bits per heavy atom. The van der Waals surface area contributed by atoms with Crippen LogP contribution in [0.1, 0.15) is 31.2 Å². The van der Waals surface area contributed by atoms with Crippen molar-refractivity contribution in [2.75, 3.05) is 6.54 Å². The minimum Gasteiger partial charge on any atom is -0.329 e. The fraction of sp³-hybridized carbons (Fsp3) is 0.538. The van der Waals surface area contributed by atoms with Gasteiger partial charge in [-0.1, -0.05) is 31.0 Å². The maximum atomic E-state index is 12.3. The summed E-state index contributed by atoms with van der Waals surface area (Å²) >= 11 is 0. The standard InChI is InChI=1S/C13H19N3O4S/c14-10-13(7-3-4-8-13)15-21(19,20)9-11-5-1-2-6-12(11)16(17)18/h1-2,5-6,15H,3-4,7-10,14H2. The summed E-state index contributed by atoms with van der Waals surface area (Å²) in [7, 11) is -3.68. The lowest BCUT2D eigenvalue weighted by Gasteiger charge is -2.28. The van der Waals surface area contributed by atoms with Gasteiger partial charge in [-0.3, -0.25) is 10.1 Å². The number of para-hydroxylation sites is 1. The van der Waals surface area contributed by atoms with Gasteiger partial charge in [-0.05, 0) is 12.8 Å². The van der Waals surface area contributed by atoms with Crippen LogP contribution in [0.5, 0.6) is 0 Å². The molecule has 1 aromatic carbocycles. The lowest BCUT2D eigenvalue weighted by atomic mass is 10.0. The lowest BCUT2D eigenvalue weighted by Crippen LogP contribution is -2.51. The number of hydrogen-bond donors (Lipinski definition) is 2. The van der Waals surface area contributed by atoms with Crippen molar-refractivity contribution in [2.45, 2.75) is 37.0 Å². The first-order valence-corrected chi connectivity index (χ1v) is 8.47. The molecular weight excluding hydrogens is 294 g/mol. The fourth-order valence-corrected chi connectivity index (χ4v) is 4.45. The number of nitrogens with two attached hydrogens (primary N) is 1. The molecule has 0 atom stereocenters. The topological polar surface area (TPSA) is 115 Å². The average Bonchev–Trinajstić information content (AvgIpc) is 2.87. The minimum atomic E-state index is -3.68. The Labute approximate surface area is 123 Å². The van der Waals surface area contributed by atoms with Crippen LogP contribution in [0, 0.1) is 10.1 Å². The first-order valence-electron chi connectivity index (χ1n) is 6.81. The zero-order chi connectivity index (χ0) is 15.5. The number of nitro groups is 1. The third-order valence-corrected chi connectivity index (χ3v) is 5.29. The van der Waals surface area contributed by atoms with Crippen LogP contribution < -0.4 is 10.5 Å². The van der Waals surface area contributed by atoms with Gasteiger partial charge in [0.1, 0.15) is 0 Å². The number of rotatable bonds is 6. The Kier molecular flexibility index (Phi) is 4.60. The van der Waals surface area contributed by atoms with Gasteiger partial charge in [0.15, 0.2) is 0 Å². The number of benzene rings is 1. The molecule has 0 aliphatic heterocycles. The minimum absolute atomic E-state index is 0.181. The Hall–Kier alpha value is -1.51. The molecule has 1 saturated carbocycles. The van der Waals surface area contributed by atoms with E-state index in [0.717, 1.165) is 12.8 Å². The van der Waals surface area contributed by atoms with E-state index in [1.54, 1.807) is 6.07 Å². The highest BCUT2D eigenvalue weighted by Crippen LogP contribution is 2.30. The zero-order valence-electron chi connectivity index (χ0n) is 11.6. The van der Waals surface area contributed by atoms with E-state index in [4.69, 9.17) is 5.73 Å². The molecule has 0 saturated heterocycles. The Morgan fingerprint density at radius 2 is 1.90 bits per heavy atom. The van der Waals surface area contributed by atoms with E-state index in [2.05, 4.69) is 4.72 Å². The molecule has 0 unspecified atom stereocenters. The highest BCUT2D eigenvalue weighted by Gasteiger charge is 2.36. The first-order chi connectivity index (χ1) is 9.87. The quantitative estimate of drug-likeness (QED) is 0.606. The summed E-state index contributed by atoms with van der Waals surface area (Å²) in [6.07, 6.45) is 3.29. The van der Waals surface area contributed by atoms with Crippen molar-refractivity contribution in [2.24, 2.45) is 5.73 Å². The van der Waals surface area contributed by atoms with Crippen molar-refractivity contribution in [1.82, 2.24) is 4.72 Å². The van der Waals surface area contributed by atoms with Crippen LogP contribution in [-0.2, 0) is 15.8 Å².